The molecule has 2 N–H and O–H groups in total. The van der Waals surface area contributed by atoms with E-state index in [-0.39, 0.29) is 0 Å². The minimum absolute atomic E-state index is 0.450. The molecule has 21 heavy (non-hydrogen) atoms. The molecule has 2 rings (SSSR count). The predicted octanol–water partition coefficient (Wildman–Crippen LogP) is 1.85. The monoisotopic (exact) mass is 306 g/mol. The van der Waals surface area contributed by atoms with Gasteiger partial charge in [-0.15, -0.1) is 10.2 Å². The Kier molecular flexibility index (Phi) is 5.27. The quantitative estimate of drug-likeness (QED) is 0.817. The molecule has 1 unspecified atom stereocenters. The summed E-state index contributed by atoms with van der Waals surface area (Å²) < 4.78 is 0. The van der Waals surface area contributed by atoms with Crippen molar-refractivity contribution in [2.24, 2.45) is 0 Å². The second-order valence-electron chi connectivity index (χ2n) is 5.75. The lowest BCUT2D eigenvalue weighted by atomic mass is 10.1. The molecule has 0 amide bonds. The number of anilines is 1. The van der Waals surface area contributed by atoms with Gasteiger partial charge in [0.15, 0.2) is 0 Å². The number of nitrogens with zero attached hydrogens (tertiary/aromatic N) is 3. The van der Waals surface area contributed by atoms with Gasteiger partial charge in [-0.05, 0) is 26.6 Å². The Labute approximate surface area is 129 Å². The third-order valence-electron chi connectivity index (χ3n) is 2.94. The fraction of sp³-hybridized carbons (Fsp3) is 0.467. The number of rotatable bonds is 7. The highest BCUT2D eigenvalue weighted by Gasteiger charge is 2.21. The molecule has 2 aromatic rings. The van der Waals surface area contributed by atoms with E-state index < -0.39 is 5.60 Å². The van der Waals surface area contributed by atoms with Gasteiger partial charge >= 0.3 is 0 Å². The molecule has 1 aromatic carbocycles. The third-order valence-corrected chi connectivity index (χ3v) is 3.82. The van der Waals surface area contributed by atoms with Crippen LogP contribution in [-0.4, -0.2) is 53.0 Å². The number of aliphatic hydroxyl groups is 1. The summed E-state index contributed by atoms with van der Waals surface area (Å²) in [5, 5.41) is 23.4. The zero-order valence-electron chi connectivity index (χ0n) is 12.7. The van der Waals surface area contributed by atoms with E-state index in [1.54, 1.807) is 0 Å². The molecule has 6 heteroatoms. The summed E-state index contributed by atoms with van der Waals surface area (Å²) in [7, 11) is 3.88. The topological polar surface area (TPSA) is 61.3 Å². The van der Waals surface area contributed by atoms with Crippen molar-refractivity contribution in [1.29, 1.82) is 0 Å². The van der Waals surface area contributed by atoms with Crippen LogP contribution in [-0.2, 0) is 6.42 Å². The molecule has 5 nitrogen and oxygen atoms in total. The number of nitrogens with one attached hydrogen (secondary N) is 1. The van der Waals surface area contributed by atoms with Crippen molar-refractivity contribution < 1.29 is 5.11 Å². The van der Waals surface area contributed by atoms with Crippen LogP contribution in [0.2, 0.25) is 0 Å². The molecular weight excluding hydrogens is 284 g/mol. The second-order valence-corrected chi connectivity index (χ2v) is 6.81. The molecule has 1 atom stereocenters. The first-order chi connectivity index (χ1) is 9.94. The van der Waals surface area contributed by atoms with Gasteiger partial charge in [0.05, 0.1) is 5.60 Å². The third kappa shape index (κ3) is 5.41. The summed E-state index contributed by atoms with van der Waals surface area (Å²) in [6, 6.07) is 10.2. The lowest BCUT2D eigenvalue weighted by Crippen LogP contribution is -2.43. The van der Waals surface area contributed by atoms with Gasteiger partial charge in [0.1, 0.15) is 5.01 Å². The van der Waals surface area contributed by atoms with E-state index in [2.05, 4.69) is 27.6 Å². The molecule has 0 aliphatic heterocycles. The molecule has 0 aliphatic carbocycles. The van der Waals surface area contributed by atoms with E-state index >= 15 is 0 Å². The molecule has 1 aromatic heterocycles. The maximum Gasteiger partial charge on any atom is 0.205 e. The fourth-order valence-electron chi connectivity index (χ4n) is 2.17. The van der Waals surface area contributed by atoms with Crippen LogP contribution in [0.15, 0.2) is 30.3 Å². The van der Waals surface area contributed by atoms with E-state index in [0.717, 1.165) is 16.6 Å². The number of aromatic nitrogens is 2. The Bertz CT molecular complexity index is 554. The van der Waals surface area contributed by atoms with Gasteiger partial charge in [0, 0.05) is 19.5 Å². The standard InChI is InChI=1S/C15H22N4OS/c1-15(20,11-19(2)3)10-16-14-18-17-13(21-14)9-12-7-5-4-6-8-12/h4-8,20H,9-11H2,1-3H3,(H,16,18). The minimum Gasteiger partial charge on any atom is -0.387 e. The highest BCUT2D eigenvalue weighted by molar-refractivity contribution is 7.15. The molecule has 0 bridgehead atoms. The van der Waals surface area contributed by atoms with Gasteiger partial charge in [0.25, 0.3) is 0 Å². The summed E-state index contributed by atoms with van der Waals surface area (Å²) in [6.07, 6.45) is 0.786. The van der Waals surface area contributed by atoms with Crippen LogP contribution in [0.3, 0.4) is 0 Å². The molecule has 0 aliphatic rings. The molecule has 0 spiro atoms. The molecule has 0 fully saturated rings. The first-order valence-corrected chi connectivity index (χ1v) is 7.73. The number of hydrogen-bond acceptors (Lipinski definition) is 6. The van der Waals surface area contributed by atoms with E-state index in [0.29, 0.717) is 13.1 Å². The van der Waals surface area contributed by atoms with Crippen LogP contribution >= 0.6 is 11.3 Å². The van der Waals surface area contributed by atoms with Crippen LogP contribution in [0.4, 0.5) is 5.13 Å². The Morgan fingerprint density at radius 2 is 1.95 bits per heavy atom. The number of hydrogen-bond donors (Lipinski definition) is 2. The van der Waals surface area contributed by atoms with Gasteiger partial charge in [-0.25, -0.2) is 0 Å². The van der Waals surface area contributed by atoms with Gasteiger partial charge in [0.2, 0.25) is 5.13 Å². The fourth-order valence-corrected chi connectivity index (χ4v) is 2.94. The van der Waals surface area contributed by atoms with E-state index in [9.17, 15) is 5.11 Å². The highest BCUT2D eigenvalue weighted by Crippen LogP contribution is 2.19. The second kappa shape index (κ2) is 6.98. The molecule has 0 radical (unpaired) electrons. The average Bonchev–Trinajstić information content (AvgIpc) is 2.84. The maximum absolute atomic E-state index is 10.2. The molecule has 0 saturated heterocycles. The van der Waals surface area contributed by atoms with Crippen molar-refractivity contribution >= 4 is 16.5 Å². The average molecular weight is 306 g/mol. The Morgan fingerprint density at radius 1 is 1.24 bits per heavy atom. The molecule has 0 saturated carbocycles. The largest absolute Gasteiger partial charge is 0.387 e. The summed E-state index contributed by atoms with van der Waals surface area (Å²) in [6.45, 7) is 2.85. The molecule has 114 valence electrons. The van der Waals surface area contributed by atoms with Crippen LogP contribution in [0, 0.1) is 0 Å². The zero-order valence-corrected chi connectivity index (χ0v) is 13.5. The summed E-state index contributed by atoms with van der Waals surface area (Å²) in [4.78, 5) is 1.96. The zero-order chi connectivity index (χ0) is 15.3. The first-order valence-electron chi connectivity index (χ1n) is 6.92. The van der Waals surface area contributed by atoms with E-state index in [1.165, 1.54) is 16.9 Å². The molecule has 1 heterocycles. The number of likely N-dealkylation sites (N-methyl/N-ethyl adjacent to an activating group) is 1. The SMILES string of the molecule is CN(C)CC(C)(O)CNc1nnc(Cc2ccccc2)s1. The Morgan fingerprint density at radius 3 is 2.62 bits per heavy atom. The smallest absolute Gasteiger partial charge is 0.205 e. The van der Waals surface area contributed by atoms with Crippen molar-refractivity contribution in [3.05, 3.63) is 40.9 Å². The molecular formula is C15H22N4OS. The van der Waals surface area contributed by atoms with Crippen molar-refractivity contribution in [1.82, 2.24) is 15.1 Å². The van der Waals surface area contributed by atoms with Gasteiger partial charge in [-0.2, -0.15) is 0 Å². The van der Waals surface area contributed by atoms with Crippen LogP contribution < -0.4 is 5.32 Å². The van der Waals surface area contributed by atoms with Crippen LogP contribution in [0.25, 0.3) is 0 Å². The Balaban J connectivity index is 1.89. The van der Waals surface area contributed by atoms with Gasteiger partial charge in [-0.1, -0.05) is 41.7 Å². The van der Waals surface area contributed by atoms with Crippen molar-refractivity contribution in [3.8, 4) is 0 Å². The van der Waals surface area contributed by atoms with E-state index in [4.69, 9.17) is 0 Å². The highest BCUT2D eigenvalue weighted by atomic mass is 32.1. The van der Waals surface area contributed by atoms with Crippen LogP contribution in [0.1, 0.15) is 17.5 Å². The normalized spacial score (nSPS) is 14.1. The van der Waals surface area contributed by atoms with Crippen molar-refractivity contribution in [2.45, 2.75) is 18.9 Å². The maximum atomic E-state index is 10.2. The van der Waals surface area contributed by atoms with Gasteiger partial charge in [-0.3, -0.25) is 0 Å². The minimum atomic E-state index is -0.797. The van der Waals surface area contributed by atoms with E-state index in [1.807, 2.05) is 44.1 Å². The first kappa shape index (κ1) is 15.9. The summed E-state index contributed by atoms with van der Waals surface area (Å²) in [5.74, 6) is 0. The lowest BCUT2D eigenvalue weighted by molar-refractivity contribution is 0.0459. The lowest BCUT2D eigenvalue weighted by Gasteiger charge is -2.26. The predicted molar refractivity (Wildman–Crippen MR) is 86.8 cm³/mol. The van der Waals surface area contributed by atoms with Crippen LogP contribution in [0.5, 0.6) is 0 Å². The Hall–Kier alpha value is -1.50. The van der Waals surface area contributed by atoms with Gasteiger partial charge < -0.3 is 15.3 Å². The summed E-state index contributed by atoms with van der Waals surface area (Å²) >= 11 is 1.53. The summed E-state index contributed by atoms with van der Waals surface area (Å²) in [5.41, 5.74) is 0.425. The van der Waals surface area contributed by atoms with Crippen molar-refractivity contribution in [3.63, 3.8) is 0 Å². The van der Waals surface area contributed by atoms with Crippen molar-refractivity contribution in [2.75, 3.05) is 32.5 Å². The number of benzene rings is 1.